The summed E-state index contributed by atoms with van der Waals surface area (Å²) in [5, 5.41) is 0. The average molecular weight is 279 g/mol. The van der Waals surface area contributed by atoms with Crippen molar-refractivity contribution in [2.45, 2.75) is 40.7 Å². The van der Waals surface area contributed by atoms with Crippen molar-refractivity contribution in [2.75, 3.05) is 13.1 Å². The summed E-state index contributed by atoms with van der Waals surface area (Å²) < 4.78 is 5.62. The van der Waals surface area contributed by atoms with Crippen LogP contribution in [0.5, 0.6) is 0 Å². The fraction of sp³-hybridized carbons (Fsp3) is 0.667. The van der Waals surface area contributed by atoms with Gasteiger partial charge < -0.3 is 4.42 Å². The second-order valence-corrected chi connectivity index (χ2v) is 6.79. The van der Waals surface area contributed by atoms with E-state index in [4.69, 9.17) is 10.3 Å². The molecular formula is C15H25N3O2. The standard InChI is InChI=1S/C15H25N3O2/c1-10-7-12(20-13(10)14(19)17-16)9-18-6-5-11(8-18)15(2,3)4/h7,11H,5-6,8-9,16H2,1-4H3,(H,17,19). The van der Waals surface area contributed by atoms with Gasteiger partial charge in [0, 0.05) is 12.1 Å². The van der Waals surface area contributed by atoms with Gasteiger partial charge in [-0.05, 0) is 37.3 Å². The third-order valence-corrected chi connectivity index (χ3v) is 4.18. The summed E-state index contributed by atoms with van der Waals surface area (Å²) >= 11 is 0. The molecule has 112 valence electrons. The van der Waals surface area contributed by atoms with Gasteiger partial charge in [-0.2, -0.15) is 0 Å². The number of aryl methyl sites for hydroxylation is 1. The van der Waals surface area contributed by atoms with Crippen LogP contribution in [0.15, 0.2) is 10.5 Å². The monoisotopic (exact) mass is 279 g/mol. The number of hydrazine groups is 1. The molecule has 20 heavy (non-hydrogen) atoms. The maximum atomic E-state index is 11.5. The van der Waals surface area contributed by atoms with Crippen LogP contribution in [-0.4, -0.2) is 23.9 Å². The molecule has 1 aliphatic rings. The molecule has 2 rings (SSSR count). The first-order valence-electron chi connectivity index (χ1n) is 7.14. The highest BCUT2D eigenvalue weighted by atomic mass is 16.4. The minimum Gasteiger partial charge on any atom is -0.454 e. The number of nitrogens with two attached hydrogens (primary N) is 1. The second kappa shape index (κ2) is 5.58. The molecule has 0 saturated carbocycles. The predicted octanol–water partition coefficient (Wildman–Crippen LogP) is 2.06. The van der Waals surface area contributed by atoms with Gasteiger partial charge in [0.2, 0.25) is 0 Å². The Morgan fingerprint density at radius 3 is 2.80 bits per heavy atom. The zero-order valence-corrected chi connectivity index (χ0v) is 12.8. The van der Waals surface area contributed by atoms with E-state index in [-0.39, 0.29) is 5.91 Å². The summed E-state index contributed by atoms with van der Waals surface area (Å²) in [6, 6.07) is 1.93. The van der Waals surface area contributed by atoms with Gasteiger partial charge in [0.05, 0.1) is 6.54 Å². The number of carbonyl (C=O) groups is 1. The molecule has 0 aromatic carbocycles. The Morgan fingerprint density at radius 2 is 2.25 bits per heavy atom. The van der Waals surface area contributed by atoms with Crippen LogP contribution in [0, 0.1) is 18.3 Å². The van der Waals surface area contributed by atoms with Crippen LogP contribution in [-0.2, 0) is 6.54 Å². The quantitative estimate of drug-likeness (QED) is 0.505. The molecule has 5 heteroatoms. The molecule has 0 bridgehead atoms. The number of hydrogen-bond donors (Lipinski definition) is 2. The van der Waals surface area contributed by atoms with Crippen LogP contribution in [0.2, 0.25) is 0 Å². The Bertz CT molecular complexity index is 488. The molecule has 0 aliphatic carbocycles. The maximum absolute atomic E-state index is 11.5. The summed E-state index contributed by atoms with van der Waals surface area (Å²) in [5.74, 6) is 6.63. The van der Waals surface area contributed by atoms with E-state index in [0.29, 0.717) is 17.1 Å². The Kier molecular flexibility index (Phi) is 4.20. The SMILES string of the molecule is Cc1cc(CN2CCC(C(C)(C)C)C2)oc1C(=O)NN. The minimum absolute atomic E-state index is 0.314. The molecule has 1 aromatic rings. The normalized spacial score (nSPS) is 20.4. The van der Waals surface area contributed by atoms with Crippen molar-refractivity contribution in [2.24, 2.45) is 17.2 Å². The van der Waals surface area contributed by atoms with Crippen LogP contribution in [0.25, 0.3) is 0 Å². The number of nitrogen functional groups attached to an aromatic ring is 1. The van der Waals surface area contributed by atoms with E-state index in [1.807, 2.05) is 13.0 Å². The summed E-state index contributed by atoms with van der Waals surface area (Å²) in [7, 11) is 0. The van der Waals surface area contributed by atoms with Crippen molar-refractivity contribution >= 4 is 5.91 Å². The van der Waals surface area contributed by atoms with Gasteiger partial charge in [-0.1, -0.05) is 20.8 Å². The number of hydrogen-bond acceptors (Lipinski definition) is 4. The van der Waals surface area contributed by atoms with E-state index in [0.717, 1.165) is 31.0 Å². The van der Waals surface area contributed by atoms with Gasteiger partial charge >= 0.3 is 5.91 Å². The van der Waals surface area contributed by atoms with Crippen molar-refractivity contribution < 1.29 is 9.21 Å². The number of rotatable bonds is 3. The highest BCUT2D eigenvalue weighted by molar-refractivity contribution is 5.92. The molecule has 1 amide bonds. The number of nitrogens with one attached hydrogen (secondary N) is 1. The van der Waals surface area contributed by atoms with Crippen molar-refractivity contribution in [3.8, 4) is 0 Å². The fourth-order valence-corrected chi connectivity index (χ4v) is 2.82. The van der Waals surface area contributed by atoms with Crippen molar-refractivity contribution in [3.63, 3.8) is 0 Å². The Balaban J connectivity index is 2.00. The third-order valence-electron chi connectivity index (χ3n) is 4.18. The fourth-order valence-electron chi connectivity index (χ4n) is 2.82. The number of furan rings is 1. The van der Waals surface area contributed by atoms with Gasteiger partial charge in [0.15, 0.2) is 5.76 Å². The minimum atomic E-state index is -0.372. The van der Waals surface area contributed by atoms with E-state index < -0.39 is 0 Å². The maximum Gasteiger partial charge on any atom is 0.301 e. The third kappa shape index (κ3) is 3.22. The lowest BCUT2D eigenvalue weighted by Gasteiger charge is -2.26. The molecule has 1 aliphatic heterocycles. The van der Waals surface area contributed by atoms with Crippen molar-refractivity contribution in [1.82, 2.24) is 10.3 Å². The van der Waals surface area contributed by atoms with E-state index in [1.54, 1.807) is 0 Å². The molecule has 0 spiro atoms. The van der Waals surface area contributed by atoms with E-state index in [9.17, 15) is 4.79 Å². The van der Waals surface area contributed by atoms with Gasteiger partial charge in [-0.3, -0.25) is 15.1 Å². The zero-order chi connectivity index (χ0) is 14.9. The Morgan fingerprint density at radius 1 is 1.55 bits per heavy atom. The lowest BCUT2D eigenvalue weighted by molar-refractivity contribution is 0.0921. The first-order valence-corrected chi connectivity index (χ1v) is 7.14. The molecule has 2 heterocycles. The molecule has 1 aromatic heterocycles. The predicted molar refractivity (Wildman–Crippen MR) is 77.9 cm³/mol. The highest BCUT2D eigenvalue weighted by Gasteiger charge is 2.32. The summed E-state index contributed by atoms with van der Waals surface area (Å²) in [4.78, 5) is 13.9. The molecule has 1 saturated heterocycles. The topological polar surface area (TPSA) is 71.5 Å². The molecule has 1 unspecified atom stereocenters. The molecule has 3 N–H and O–H groups in total. The van der Waals surface area contributed by atoms with Gasteiger partial charge in [-0.25, -0.2) is 5.84 Å². The highest BCUT2D eigenvalue weighted by Crippen LogP contribution is 2.34. The number of carbonyl (C=O) groups excluding carboxylic acids is 1. The van der Waals surface area contributed by atoms with Crippen LogP contribution < -0.4 is 11.3 Å². The lowest BCUT2D eigenvalue weighted by atomic mass is 9.80. The smallest absolute Gasteiger partial charge is 0.301 e. The van der Waals surface area contributed by atoms with Crippen LogP contribution >= 0.6 is 0 Å². The van der Waals surface area contributed by atoms with Crippen LogP contribution in [0.1, 0.15) is 49.1 Å². The average Bonchev–Trinajstić information content (AvgIpc) is 2.95. The summed E-state index contributed by atoms with van der Waals surface area (Å²) in [6.07, 6.45) is 1.22. The first kappa shape index (κ1) is 15.1. The van der Waals surface area contributed by atoms with Crippen molar-refractivity contribution in [3.05, 3.63) is 23.2 Å². The molecule has 0 radical (unpaired) electrons. The van der Waals surface area contributed by atoms with Crippen LogP contribution in [0.3, 0.4) is 0 Å². The van der Waals surface area contributed by atoms with E-state index in [2.05, 4.69) is 31.1 Å². The first-order chi connectivity index (χ1) is 9.31. The lowest BCUT2D eigenvalue weighted by Crippen LogP contribution is -2.30. The van der Waals surface area contributed by atoms with Crippen molar-refractivity contribution in [1.29, 1.82) is 0 Å². The van der Waals surface area contributed by atoms with Gasteiger partial charge in [0.1, 0.15) is 5.76 Å². The van der Waals surface area contributed by atoms with Gasteiger partial charge in [-0.15, -0.1) is 0 Å². The molecule has 1 fully saturated rings. The second-order valence-electron chi connectivity index (χ2n) is 6.79. The van der Waals surface area contributed by atoms with E-state index in [1.165, 1.54) is 6.42 Å². The molecule has 1 atom stereocenters. The number of amides is 1. The summed E-state index contributed by atoms with van der Waals surface area (Å²) in [6.45, 7) is 11.7. The number of likely N-dealkylation sites (tertiary alicyclic amines) is 1. The Hall–Kier alpha value is -1.33. The Labute approximate surface area is 120 Å². The molecule has 5 nitrogen and oxygen atoms in total. The largest absolute Gasteiger partial charge is 0.454 e. The van der Waals surface area contributed by atoms with E-state index >= 15 is 0 Å². The van der Waals surface area contributed by atoms with Crippen LogP contribution in [0.4, 0.5) is 0 Å². The summed E-state index contributed by atoms with van der Waals surface area (Å²) in [5.41, 5.74) is 3.28. The van der Waals surface area contributed by atoms with Gasteiger partial charge in [0.25, 0.3) is 0 Å². The number of nitrogens with zero attached hydrogens (tertiary/aromatic N) is 1. The molecular weight excluding hydrogens is 254 g/mol. The zero-order valence-electron chi connectivity index (χ0n) is 12.8.